The second kappa shape index (κ2) is 7.09. The lowest BCUT2D eigenvalue weighted by Crippen LogP contribution is -2.37. The number of benzene rings is 1. The van der Waals surface area contributed by atoms with E-state index in [-0.39, 0.29) is 14.9 Å². The summed E-state index contributed by atoms with van der Waals surface area (Å²) in [5, 5.41) is 2.37. The minimum atomic E-state index is -3.71. The monoisotopic (exact) mass is 390 g/mol. The lowest BCUT2D eigenvalue weighted by Gasteiger charge is -2.26. The number of fused-ring (bicyclic) bond motifs is 1. The molecule has 1 N–H and O–H groups in total. The molecule has 4 nitrogen and oxygen atoms in total. The van der Waals surface area contributed by atoms with Crippen LogP contribution in [-0.2, 0) is 23.0 Å². The van der Waals surface area contributed by atoms with E-state index < -0.39 is 10.0 Å². The fourth-order valence-corrected chi connectivity index (χ4v) is 5.70. The van der Waals surface area contributed by atoms with Gasteiger partial charge < -0.3 is 0 Å². The summed E-state index contributed by atoms with van der Waals surface area (Å²) in [6.07, 6.45) is 1.02. The Morgan fingerprint density at radius 3 is 2.70 bits per heavy atom. The minimum absolute atomic E-state index is 0.0536. The molecule has 0 spiro atoms. The van der Waals surface area contributed by atoms with Gasteiger partial charge >= 0.3 is 0 Å². The van der Waals surface area contributed by atoms with Crippen LogP contribution in [0, 0.1) is 0 Å². The van der Waals surface area contributed by atoms with Crippen molar-refractivity contribution >= 4 is 44.6 Å². The Labute approximate surface area is 150 Å². The maximum absolute atomic E-state index is 12.4. The third kappa shape index (κ3) is 3.90. The highest BCUT2D eigenvalue weighted by molar-refractivity contribution is 7.89. The maximum atomic E-state index is 12.4. The van der Waals surface area contributed by atoms with Crippen LogP contribution >= 0.6 is 34.5 Å². The fraction of sp³-hybridized carbons (Fsp3) is 0.333. The molecule has 8 heteroatoms. The Kier molecular flexibility index (Phi) is 5.30. The number of nitrogens with zero attached hydrogens (tertiary/aromatic N) is 1. The van der Waals surface area contributed by atoms with Crippen LogP contribution in [-0.4, -0.2) is 33.0 Å². The van der Waals surface area contributed by atoms with Gasteiger partial charge in [-0.3, -0.25) is 4.90 Å². The first-order valence-electron chi connectivity index (χ1n) is 7.18. The molecule has 2 aromatic rings. The summed E-state index contributed by atoms with van der Waals surface area (Å²) in [6, 6.07) is 6.80. The highest BCUT2D eigenvalue weighted by atomic mass is 35.5. The molecule has 2 heterocycles. The second-order valence-electron chi connectivity index (χ2n) is 5.34. The highest BCUT2D eigenvalue weighted by Crippen LogP contribution is 2.28. The van der Waals surface area contributed by atoms with Gasteiger partial charge in [0.25, 0.3) is 0 Å². The number of rotatable bonds is 5. The van der Waals surface area contributed by atoms with E-state index in [1.165, 1.54) is 22.6 Å². The van der Waals surface area contributed by atoms with E-state index in [0.29, 0.717) is 13.1 Å². The van der Waals surface area contributed by atoms with Crippen LogP contribution in [0.15, 0.2) is 34.5 Å². The van der Waals surface area contributed by atoms with Crippen molar-refractivity contribution in [2.75, 3.05) is 19.6 Å². The molecule has 23 heavy (non-hydrogen) atoms. The van der Waals surface area contributed by atoms with Crippen LogP contribution in [0.3, 0.4) is 0 Å². The molecule has 0 unspecified atom stereocenters. The van der Waals surface area contributed by atoms with E-state index in [4.69, 9.17) is 23.2 Å². The lowest BCUT2D eigenvalue weighted by molar-refractivity contribution is 0.260. The Morgan fingerprint density at radius 2 is 1.96 bits per heavy atom. The van der Waals surface area contributed by atoms with Crippen LogP contribution in [0.2, 0.25) is 10.0 Å². The zero-order valence-corrected chi connectivity index (χ0v) is 15.4. The van der Waals surface area contributed by atoms with E-state index in [9.17, 15) is 8.42 Å². The van der Waals surface area contributed by atoms with Crippen LogP contribution in [0.4, 0.5) is 0 Å². The van der Waals surface area contributed by atoms with Crippen LogP contribution in [0.5, 0.6) is 0 Å². The number of thiophene rings is 1. The number of hydrogen-bond acceptors (Lipinski definition) is 4. The summed E-state index contributed by atoms with van der Waals surface area (Å²) in [5.41, 5.74) is 1.35. The molecule has 1 aromatic carbocycles. The van der Waals surface area contributed by atoms with E-state index in [0.717, 1.165) is 19.5 Å². The van der Waals surface area contributed by atoms with Crippen LogP contribution in [0.25, 0.3) is 0 Å². The maximum Gasteiger partial charge on any atom is 0.243 e. The van der Waals surface area contributed by atoms with Crippen LogP contribution < -0.4 is 4.72 Å². The molecular formula is C15H16Cl2N2O2S2. The fourth-order valence-electron chi connectivity index (χ4n) is 2.65. The highest BCUT2D eigenvalue weighted by Gasteiger charge is 2.22. The molecule has 0 saturated carbocycles. The van der Waals surface area contributed by atoms with Gasteiger partial charge in [-0.2, -0.15) is 0 Å². The van der Waals surface area contributed by atoms with Crippen molar-refractivity contribution in [2.45, 2.75) is 17.9 Å². The molecule has 1 aromatic heterocycles. The van der Waals surface area contributed by atoms with Crippen molar-refractivity contribution in [1.29, 1.82) is 0 Å². The minimum Gasteiger partial charge on any atom is -0.297 e. The smallest absolute Gasteiger partial charge is 0.243 e. The number of halogens is 2. The van der Waals surface area contributed by atoms with Crippen molar-refractivity contribution in [3.05, 3.63) is 50.1 Å². The molecule has 0 amide bonds. The molecule has 124 valence electrons. The molecule has 0 aliphatic carbocycles. The SMILES string of the molecule is O=S(=O)(NCCN1CCc2sccc2C1)c1c(Cl)cccc1Cl. The summed E-state index contributed by atoms with van der Waals surface area (Å²) in [5.74, 6) is 0. The number of sulfonamides is 1. The van der Waals surface area contributed by atoms with E-state index in [1.54, 1.807) is 17.4 Å². The van der Waals surface area contributed by atoms with Gasteiger partial charge in [0, 0.05) is 31.1 Å². The Balaban J connectivity index is 1.60. The zero-order valence-electron chi connectivity index (χ0n) is 12.3. The topological polar surface area (TPSA) is 49.4 Å². The van der Waals surface area contributed by atoms with Gasteiger partial charge in [0.05, 0.1) is 10.0 Å². The normalized spacial score (nSPS) is 15.6. The van der Waals surface area contributed by atoms with Gasteiger partial charge in [-0.1, -0.05) is 29.3 Å². The van der Waals surface area contributed by atoms with Gasteiger partial charge in [0.2, 0.25) is 10.0 Å². The Hall–Kier alpha value is -0.630. The largest absolute Gasteiger partial charge is 0.297 e. The van der Waals surface area contributed by atoms with Gasteiger partial charge in [-0.25, -0.2) is 13.1 Å². The third-order valence-corrected chi connectivity index (χ3v) is 7.23. The second-order valence-corrected chi connectivity index (χ2v) is 8.86. The van der Waals surface area contributed by atoms with E-state index in [1.807, 2.05) is 0 Å². The van der Waals surface area contributed by atoms with Gasteiger partial charge in [-0.15, -0.1) is 11.3 Å². The molecule has 0 fully saturated rings. The average molecular weight is 391 g/mol. The van der Waals surface area contributed by atoms with Crippen molar-refractivity contribution in [2.24, 2.45) is 0 Å². The molecule has 1 aliphatic rings. The van der Waals surface area contributed by atoms with E-state index in [2.05, 4.69) is 21.1 Å². The lowest BCUT2D eigenvalue weighted by atomic mass is 10.1. The van der Waals surface area contributed by atoms with E-state index >= 15 is 0 Å². The zero-order chi connectivity index (χ0) is 16.4. The first-order valence-corrected chi connectivity index (χ1v) is 10.3. The van der Waals surface area contributed by atoms with Crippen molar-refractivity contribution < 1.29 is 8.42 Å². The standard InChI is InChI=1S/C15H16Cl2N2O2S2/c16-12-2-1-3-13(17)15(12)23(20,21)18-6-8-19-7-4-14-11(10-19)5-9-22-14/h1-3,5,9,18H,4,6-8,10H2. The first-order chi connectivity index (χ1) is 11.0. The quantitative estimate of drug-likeness (QED) is 0.850. The first kappa shape index (κ1) is 17.2. The van der Waals surface area contributed by atoms with Crippen LogP contribution in [0.1, 0.15) is 10.4 Å². The summed E-state index contributed by atoms with van der Waals surface area (Å²) in [6.45, 7) is 2.79. The van der Waals surface area contributed by atoms with Crippen molar-refractivity contribution in [3.8, 4) is 0 Å². The van der Waals surface area contributed by atoms with Gasteiger partial charge in [0.15, 0.2) is 0 Å². The predicted molar refractivity (Wildman–Crippen MR) is 95.0 cm³/mol. The Morgan fingerprint density at radius 1 is 1.22 bits per heavy atom. The molecule has 0 bridgehead atoms. The van der Waals surface area contributed by atoms with Crippen molar-refractivity contribution in [1.82, 2.24) is 9.62 Å². The molecule has 1 aliphatic heterocycles. The molecular weight excluding hydrogens is 375 g/mol. The van der Waals surface area contributed by atoms with Gasteiger partial charge in [-0.05, 0) is 35.6 Å². The number of hydrogen-bond donors (Lipinski definition) is 1. The third-order valence-electron chi connectivity index (χ3n) is 3.79. The summed E-state index contributed by atoms with van der Waals surface area (Å²) in [4.78, 5) is 3.62. The van der Waals surface area contributed by atoms with Gasteiger partial charge in [0.1, 0.15) is 4.90 Å². The number of nitrogens with one attached hydrogen (secondary N) is 1. The summed E-state index contributed by atoms with van der Waals surface area (Å²) >= 11 is 13.7. The average Bonchev–Trinajstić information content (AvgIpc) is 2.94. The predicted octanol–water partition coefficient (Wildman–Crippen LogP) is 3.39. The molecule has 0 saturated heterocycles. The van der Waals surface area contributed by atoms with Crippen molar-refractivity contribution in [3.63, 3.8) is 0 Å². The molecule has 0 atom stereocenters. The molecule has 3 rings (SSSR count). The summed E-state index contributed by atoms with van der Waals surface area (Å²) < 4.78 is 27.3. The Bertz CT molecular complexity index is 785. The summed E-state index contributed by atoms with van der Waals surface area (Å²) in [7, 11) is -3.71. The molecule has 0 radical (unpaired) electrons.